The van der Waals surface area contributed by atoms with E-state index in [9.17, 15) is 14.4 Å². The number of carbonyl (C=O) groups is 3. The smallest absolute Gasteiger partial charge is 0.254 e. The van der Waals surface area contributed by atoms with Crippen molar-refractivity contribution in [3.05, 3.63) is 59.5 Å². The second kappa shape index (κ2) is 9.54. The van der Waals surface area contributed by atoms with Crippen LogP contribution < -0.4 is 5.32 Å². The average molecular weight is 396 g/mol. The van der Waals surface area contributed by atoms with E-state index in [0.29, 0.717) is 37.4 Å². The van der Waals surface area contributed by atoms with Crippen LogP contribution in [-0.2, 0) is 11.2 Å². The zero-order valence-corrected chi connectivity index (χ0v) is 17.0. The third kappa shape index (κ3) is 5.56. The first-order valence-corrected chi connectivity index (χ1v) is 10.2. The van der Waals surface area contributed by atoms with E-state index in [1.165, 1.54) is 18.1 Å². The first kappa shape index (κ1) is 20.8. The van der Waals surface area contributed by atoms with E-state index in [2.05, 4.69) is 19.2 Å². The molecule has 2 aromatic rings. The Labute approximate surface area is 171 Å². The van der Waals surface area contributed by atoms with Crippen molar-refractivity contribution in [1.29, 1.82) is 0 Å². The van der Waals surface area contributed by atoms with Crippen LogP contribution in [0.2, 0.25) is 0 Å². The molecular weight excluding hydrogens is 368 g/mol. The number of hydrogen-bond donors (Lipinski definition) is 1. The van der Waals surface area contributed by atoms with Crippen molar-refractivity contribution < 1.29 is 18.8 Å². The molecule has 29 heavy (non-hydrogen) atoms. The summed E-state index contributed by atoms with van der Waals surface area (Å²) in [4.78, 5) is 38.7. The molecule has 0 spiro atoms. The molecule has 6 heteroatoms. The lowest BCUT2D eigenvalue weighted by molar-refractivity contribution is -0.131. The van der Waals surface area contributed by atoms with Crippen LogP contribution in [0.1, 0.15) is 53.0 Å². The number of Topliss-reactive ketones (excluding diaryl/α,β-unsaturated/α-hetero) is 1. The lowest BCUT2D eigenvalue weighted by Crippen LogP contribution is -2.45. The van der Waals surface area contributed by atoms with Crippen LogP contribution in [0, 0.1) is 11.8 Å². The molecule has 0 unspecified atom stereocenters. The minimum atomic E-state index is -0.335. The van der Waals surface area contributed by atoms with Gasteiger partial charge in [-0.2, -0.15) is 0 Å². The molecule has 1 aromatic heterocycles. The molecule has 154 valence electrons. The van der Waals surface area contributed by atoms with Crippen LogP contribution in [0.4, 0.5) is 0 Å². The van der Waals surface area contributed by atoms with Gasteiger partial charge in [0, 0.05) is 24.6 Å². The number of likely N-dealkylation sites (tertiary alicyclic amines) is 1. The van der Waals surface area contributed by atoms with Crippen molar-refractivity contribution in [3.63, 3.8) is 0 Å². The molecule has 0 saturated carbocycles. The Hall–Kier alpha value is -2.89. The van der Waals surface area contributed by atoms with E-state index in [4.69, 9.17) is 4.42 Å². The highest BCUT2D eigenvalue weighted by Gasteiger charge is 2.28. The van der Waals surface area contributed by atoms with Crippen molar-refractivity contribution in [2.45, 2.75) is 33.1 Å². The molecule has 1 aliphatic heterocycles. The van der Waals surface area contributed by atoms with E-state index in [1.807, 2.05) is 24.3 Å². The summed E-state index contributed by atoms with van der Waals surface area (Å²) >= 11 is 0. The largest absolute Gasteiger partial charge is 0.472 e. The highest BCUT2D eigenvalue weighted by molar-refractivity contribution is 5.98. The van der Waals surface area contributed by atoms with Gasteiger partial charge in [-0.3, -0.25) is 14.4 Å². The molecule has 1 saturated heterocycles. The molecule has 0 radical (unpaired) electrons. The standard InChI is InChI=1S/C23H28N2O4/c1-16(2)13-17-3-5-18(6-4-17)22(27)19-7-10-25(11-8-19)21(26)14-24-23(28)20-9-12-29-15-20/h3-6,9,12,15-16,19H,7-8,10-11,13-14H2,1-2H3,(H,24,28). The number of rotatable bonds is 7. The number of nitrogens with zero attached hydrogens (tertiary/aromatic N) is 1. The van der Waals surface area contributed by atoms with Crippen LogP contribution in [0.5, 0.6) is 0 Å². The summed E-state index contributed by atoms with van der Waals surface area (Å²) in [6, 6.07) is 9.46. The molecule has 1 aliphatic rings. The van der Waals surface area contributed by atoms with Crippen molar-refractivity contribution in [3.8, 4) is 0 Å². The molecule has 1 N–H and O–H groups in total. The van der Waals surface area contributed by atoms with E-state index in [-0.39, 0.29) is 30.1 Å². The maximum Gasteiger partial charge on any atom is 0.254 e. The van der Waals surface area contributed by atoms with E-state index < -0.39 is 0 Å². The van der Waals surface area contributed by atoms with Gasteiger partial charge in [0.2, 0.25) is 5.91 Å². The Bertz CT molecular complexity index is 832. The summed E-state index contributed by atoms with van der Waals surface area (Å²) in [5, 5.41) is 2.60. The highest BCUT2D eigenvalue weighted by atomic mass is 16.3. The number of nitrogens with one attached hydrogen (secondary N) is 1. The Morgan fingerprint density at radius 1 is 1.07 bits per heavy atom. The van der Waals surface area contributed by atoms with E-state index in [0.717, 1.165) is 12.0 Å². The fourth-order valence-corrected chi connectivity index (χ4v) is 3.67. The number of ketones is 1. The number of furan rings is 1. The summed E-state index contributed by atoms with van der Waals surface area (Å²) in [7, 11) is 0. The van der Waals surface area contributed by atoms with Gasteiger partial charge in [0.15, 0.2) is 5.78 Å². The summed E-state index contributed by atoms with van der Waals surface area (Å²) < 4.78 is 4.86. The second-order valence-corrected chi connectivity index (χ2v) is 8.01. The molecule has 2 amide bonds. The Morgan fingerprint density at radius 2 is 1.76 bits per heavy atom. The Kier molecular flexibility index (Phi) is 6.86. The van der Waals surface area contributed by atoms with Crippen molar-refractivity contribution in [1.82, 2.24) is 10.2 Å². The van der Waals surface area contributed by atoms with Crippen molar-refractivity contribution >= 4 is 17.6 Å². The zero-order chi connectivity index (χ0) is 20.8. The molecule has 0 bridgehead atoms. The van der Waals surface area contributed by atoms with Gasteiger partial charge in [0.1, 0.15) is 6.26 Å². The molecule has 1 aromatic carbocycles. The fourth-order valence-electron chi connectivity index (χ4n) is 3.67. The van der Waals surface area contributed by atoms with Crippen LogP contribution in [0.3, 0.4) is 0 Å². The van der Waals surface area contributed by atoms with Gasteiger partial charge in [0.05, 0.1) is 18.4 Å². The minimum absolute atomic E-state index is 0.0556. The summed E-state index contributed by atoms with van der Waals surface area (Å²) in [5.74, 6) is 0.212. The van der Waals surface area contributed by atoms with Crippen LogP contribution in [0.15, 0.2) is 47.3 Å². The number of benzene rings is 1. The fraction of sp³-hybridized carbons (Fsp3) is 0.435. The summed E-state index contributed by atoms with van der Waals surface area (Å²) in [6.07, 6.45) is 5.05. The van der Waals surface area contributed by atoms with Gasteiger partial charge in [0.25, 0.3) is 5.91 Å². The lowest BCUT2D eigenvalue weighted by atomic mass is 9.88. The Morgan fingerprint density at radius 3 is 2.34 bits per heavy atom. The van der Waals surface area contributed by atoms with E-state index in [1.54, 1.807) is 11.0 Å². The second-order valence-electron chi connectivity index (χ2n) is 8.01. The van der Waals surface area contributed by atoms with E-state index >= 15 is 0 Å². The third-order valence-electron chi connectivity index (χ3n) is 5.28. The first-order valence-electron chi connectivity index (χ1n) is 10.2. The van der Waals surface area contributed by atoms with Crippen molar-refractivity contribution in [2.24, 2.45) is 11.8 Å². The van der Waals surface area contributed by atoms with Gasteiger partial charge < -0.3 is 14.6 Å². The molecule has 0 aliphatic carbocycles. The lowest BCUT2D eigenvalue weighted by Gasteiger charge is -2.31. The molecular formula is C23H28N2O4. The maximum absolute atomic E-state index is 12.8. The topological polar surface area (TPSA) is 79.6 Å². The van der Waals surface area contributed by atoms with Gasteiger partial charge in [-0.15, -0.1) is 0 Å². The molecule has 1 fully saturated rings. The highest BCUT2D eigenvalue weighted by Crippen LogP contribution is 2.22. The average Bonchev–Trinajstić information content (AvgIpc) is 3.26. The minimum Gasteiger partial charge on any atom is -0.472 e. The first-order chi connectivity index (χ1) is 13.9. The molecule has 6 nitrogen and oxygen atoms in total. The quantitative estimate of drug-likeness (QED) is 0.728. The molecule has 2 heterocycles. The van der Waals surface area contributed by atoms with Gasteiger partial charge in [-0.1, -0.05) is 38.1 Å². The van der Waals surface area contributed by atoms with Gasteiger partial charge in [-0.05, 0) is 36.8 Å². The van der Waals surface area contributed by atoms with Crippen LogP contribution in [-0.4, -0.2) is 42.1 Å². The number of carbonyl (C=O) groups excluding carboxylic acids is 3. The predicted molar refractivity (Wildman–Crippen MR) is 110 cm³/mol. The number of amides is 2. The zero-order valence-electron chi connectivity index (χ0n) is 17.0. The maximum atomic E-state index is 12.8. The molecule has 0 atom stereocenters. The normalized spacial score (nSPS) is 14.8. The Balaban J connectivity index is 1.46. The monoisotopic (exact) mass is 396 g/mol. The number of hydrogen-bond acceptors (Lipinski definition) is 4. The SMILES string of the molecule is CC(C)Cc1ccc(C(=O)C2CCN(C(=O)CNC(=O)c3ccoc3)CC2)cc1. The number of piperidine rings is 1. The molecule has 3 rings (SSSR count). The van der Waals surface area contributed by atoms with Gasteiger partial charge in [-0.25, -0.2) is 0 Å². The predicted octanol–water partition coefficient (Wildman–Crippen LogP) is 3.33. The van der Waals surface area contributed by atoms with Crippen LogP contribution in [0.25, 0.3) is 0 Å². The third-order valence-corrected chi connectivity index (χ3v) is 5.28. The van der Waals surface area contributed by atoms with Gasteiger partial charge >= 0.3 is 0 Å². The van der Waals surface area contributed by atoms with Crippen molar-refractivity contribution in [2.75, 3.05) is 19.6 Å². The van der Waals surface area contributed by atoms with Crippen LogP contribution >= 0.6 is 0 Å². The summed E-state index contributed by atoms with van der Waals surface area (Å²) in [5.41, 5.74) is 2.38. The summed E-state index contributed by atoms with van der Waals surface area (Å²) in [6.45, 7) is 5.36.